The topological polar surface area (TPSA) is 70.6 Å². The summed E-state index contributed by atoms with van der Waals surface area (Å²) in [4.78, 5) is 0. The Labute approximate surface area is 280 Å². The molecule has 3 aromatic heterocycles. The summed E-state index contributed by atoms with van der Waals surface area (Å²) >= 11 is 0. The summed E-state index contributed by atoms with van der Waals surface area (Å²) in [5, 5.41) is 27.0. The quantitative estimate of drug-likeness (QED) is 0.196. The number of para-hydroxylation sites is 3. The molecule has 5 heteroatoms. The third kappa shape index (κ3) is 3.79. The van der Waals surface area contributed by atoms with Crippen LogP contribution in [0.15, 0.2) is 150 Å². The summed E-state index contributed by atoms with van der Waals surface area (Å²) in [6.07, 6.45) is 0. The Bertz CT molecular complexity index is 3020. The molecule has 0 N–H and O–H groups in total. The van der Waals surface area contributed by atoms with Crippen molar-refractivity contribution in [2.45, 2.75) is 0 Å². The number of aromatic nitrogens is 2. The fraction of sp³-hybridized carbons (Fsp3) is 0. The van der Waals surface area contributed by atoms with Crippen LogP contribution >= 0.6 is 0 Å². The van der Waals surface area contributed by atoms with Gasteiger partial charge in [0.05, 0.1) is 50.0 Å². The van der Waals surface area contributed by atoms with Crippen LogP contribution in [0.3, 0.4) is 0 Å². The summed E-state index contributed by atoms with van der Waals surface area (Å²) in [5.41, 5.74) is 10.1. The zero-order valence-electron chi connectivity index (χ0n) is 26.1. The molecule has 0 aliphatic rings. The maximum atomic E-state index is 10.3. The van der Waals surface area contributed by atoms with Crippen LogP contribution in [0.5, 0.6) is 0 Å². The van der Waals surface area contributed by atoms with E-state index in [4.69, 9.17) is 4.42 Å². The molecule has 49 heavy (non-hydrogen) atoms. The molecule has 0 bridgehead atoms. The van der Waals surface area contributed by atoms with Gasteiger partial charge in [-0.25, -0.2) is 0 Å². The van der Waals surface area contributed by atoms with Gasteiger partial charge in [-0.3, -0.25) is 0 Å². The van der Waals surface area contributed by atoms with Gasteiger partial charge in [0.2, 0.25) is 0 Å². The SMILES string of the molecule is N#Cc1cc(-n2c3ccccc3c3ccccc32)c(-n2c3ccc(-c4ccccc4)cc3c3c4oc5ccccc5c4ccc32)cc1C#N. The van der Waals surface area contributed by atoms with Gasteiger partial charge in [0, 0.05) is 26.9 Å². The molecule has 0 saturated carbocycles. The van der Waals surface area contributed by atoms with Crippen LogP contribution < -0.4 is 0 Å². The number of hydrogen-bond donors (Lipinski definition) is 0. The summed E-state index contributed by atoms with van der Waals surface area (Å²) in [6.45, 7) is 0. The highest BCUT2D eigenvalue weighted by molar-refractivity contribution is 6.24. The van der Waals surface area contributed by atoms with Gasteiger partial charge in [-0.2, -0.15) is 10.5 Å². The number of hydrogen-bond acceptors (Lipinski definition) is 3. The minimum atomic E-state index is 0.322. The Morgan fingerprint density at radius 1 is 0.429 bits per heavy atom. The van der Waals surface area contributed by atoms with Crippen molar-refractivity contribution < 1.29 is 4.42 Å². The summed E-state index contributed by atoms with van der Waals surface area (Å²) < 4.78 is 11.1. The number of fused-ring (bicyclic) bond motifs is 10. The van der Waals surface area contributed by atoms with Crippen molar-refractivity contribution in [2.75, 3.05) is 0 Å². The largest absolute Gasteiger partial charge is 0.455 e. The predicted octanol–water partition coefficient (Wildman–Crippen LogP) is 11.2. The van der Waals surface area contributed by atoms with E-state index >= 15 is 0 Å². The standard InChI is InChI=1S/C44H24N4O/c45-25-29-23-40(47-36-15-7-4-12-31(36)32-13-5-8-16-37(32)47)41(24-30(29)26-46)48-38-20-18-28(27-10-2-1-3-11-27)22-35(38)43-39(48)21-19-34-33-14-6-9-17-42(33)49-44(34)43/h1-24H. The van der Waals surface area contributed by atoms with Crippen molar-refractivity contribution >= 4 is 65.6 Å². The summed E-state index contributed by atoms with van der Waals surface area (Å²) in [5.74, 6) is 0. The normalized spacial score (nSPS) is 11.6. The second-order valence-corrected chi connectivity index (χ2v) is 12.3. The van der Waals surface area contributed by atoms with Gasteiger partial charge in [-0.1, -0.05) is 91.0 Å². The molecule has 5 nitrogen and oxygen atoms in total. The van der Waals surface area contributed by atoms with Gasteiger partial charge >= 0.3 is 0 Å². The maximum Gasteiger partial charge on any atom is 0.145 e. The van der Waals surface area contributed by atoms with Crippen LogP contribution in [0.25, 0.3) is 88.1 Å². The first kappa shape index (κ1) is 27.1. The molecule has 0 atom stereocenters. The van der Waals surface area contributed by atoms with Gasteiger partial charge < -0.3 is 13.6 Å². The van der Waals surface area contributed by atoms with E-state index in [1.807, 2.05) is 48.5 Å². The third-order valence-corrected chi connectivity index (χ3v) is 9.80. The fourth-order valence-electron chi connectivity index (χ4n) is 7.66. The van der Waals surface area contributed by atoms with E-state index in [1.54, 1.807) is 0 Å². The Balaban J connectivity index is 1.40. The van der Waals surface area contributed by atoms with Crippen LogP contribution in [0.4, 0.5) is 0 Å². The second-order valence-electron chi connectivity index (χ2n) is 12.3. The highest BCUT2D eigenvalue weighted by Gasteiger charge is 2.24. The number of rotatable bonds is 3. The van der Waals surface area contributed by atoms with Gasteiger partial charge in [-0.15, -0.1) is 0 Å². The predicted molar refractivity (Wildman–Crippen MR) is 197 cm³/mol. The van der Waals surface area contributed by atoms with Gasteiger partial charge in [0.25, 0.3) is 0 Å². The molecule has 0 aliphatic carbocycles. The number of furan rings is 1. The Kier molecular flexibility index (Phi) is 5.64. The molecule has 226 valence electrons. The van der Waals surface area contributed by atoms with Gasteiger partial charge in [0.15, 0.2) is 0 Å². The average molecular weight is 625 g/mol. The molecular weight excluding hydrogens is 601 g/mol. The van der Waals surface area contributed by atoms with Crippen LogP contribution in [-0.4, -0.2) is 9.13 Å². The Hall–Kier alpha value is -7.08. The number of nitriles is 2. The lowest BCUT2D eigenvalue weighted by Crippen LogP contribution is -2.05. The molecular formula is C44H24N4O. The van der Waals surface area contributed by atoms with E-state index in [0.29, 0.717) is 11.1 Å². The first-order valence-corrected chi connectivity index (χ1v) is 16.1. The molecule has 10 rings (SSSR count). The van der Waals surface area contributed by atoms with Crippen molar-refractivity contribution in [1.29, 1.82) is 10.5 Å². The average Bonchev–Trinajstić information content (AvgIpc) is 3.82. The van der Waals surface area contributed by atoms with Crippen LogP contribution in [0.2, 0.25) is 0 Å². The highest BCUT2D eigenvalue weighted by atomic mass is 16.3. The molecule has 10 aromatic rings. The summed E-state index contributed by atoms with van der Waals surface area (Å²) in [7, 11) is 0. The molecule has 0 saturated heterocycles. The fourth-order valence-corrected chi connectivity index (χ4v) is 7.66. The minimum absolute atomic E-state index is 0.322. The molecule has 0 unspecified atom stereocenters. The van der Waals surface area contributed by atoms with E-state index in [9.17, 15) is 10.5 Å². The van der Waals surface area contributed by atoms with E-state index in [1.165, 1.54) is 0 Å². The molecule has 0 amide bonds. The van der Waals surface area contributed by atoms with Crippen LogP contribution in [-0.2, 0) is 0 Å². The zero-order valence-corrected chi connectivity index (χ0v) is 26.1. The van der Waals surface area contributed by atoms with Gasteiger partial charge in [0.1, 0.15) is 23.3 Å². The molecule has 3 heterocycles. The monoisotopic (exact) mass is 624 g/mol. The molecule has 0 radical (unpaired) electrons. The van der Waals surface area contributed by atoms with Gasteiger partial charge in [-0.05, 0) is 65.7 Å². The van der Waals surface area contributed by atoms with E-state index in [2.05, 4.69) is 118 Å². The Morgan fingerprint density at radius 2 is 0.980 bits per heavy atom. The van der Waals surface area contributed by atoms with E-state index in [0.717, 1.165) is 88.1 Å². The smallest absolute Gasteiger partial charge is 0.145 e. The van der Waals surface area contributed by atoms with Crippen molar-refractivity contribution in [3.8, 4) is 34.6 Å². The van der Waals surface area contributed by atoms with Crippen molar-refractivity contribution in [1.82, 2.24) is 9.13 Å². The highest BCUT2D eigenvalue weighted by Crippen LogP contribution is 2.44. The second kappa shape index (κ2) is 10.2. The first-order valence-electron chi connectivity index (χ1n) is 16.1. The number of nitrogens with zero attached hydrogens (tertiary/aromatic N) is 4. The molecule has 0 spiro atoms. The van der Waals surface area contributed by atoms with Crippen molar-refractivity contribution in [3.05, 3.63) is 157 Å². The maximum absolute atomic E-state index is 10.3. The molecule has 0 fully saturated rings. The minimum Gasteiger partial charge on any atom is -0.455 e. The summed E-state index contributed by atoms with van der Waals surface area (Å²) in [6, 6.07) is 54.4. The van der Waals surface area contributed by atoms with E-state index in [-0.39, 0.29) is 0 Å². The lowest BCUT2D eigenvalue weighted by molar-refractivity contribution is 0.673. The first-order chi connectivity index (χ1) is 24.2. The lowest BCUT2D eigenvalue weighted by atomic mass is 10.0. The Morgan fingerprint density at radius 3 is 1.65 bits per heavy atom. The van der Waals surface area contributed by atoms with Crippen LogP contribution in [0.1, 0.15) is 11.1 Å². The third-order valence-electron chi connectivity index (χ3n) is 9.80. The lowest BCUT2D eigenvalue weighted by Gasteiger charge is -2.18. The molecule has 0 aliphatic heterocycles. The molecule has 7 aromatic carbocycles. The van der Waals surface area contributed by atoms with Crippen molar-refractivity contribution in [3.63, 3.8) is 0 Å². The van der Waals surface area contributed by atoms with Crippen LogP contribution in [0, 0.1) is 22.7 Å². The zero-order chi connectivity index (χ0) is 32.6. The van der Waals surface area contributed by atoms with Crippen molar-refractivity contribution in [2.24, 2.45) is 0 Å². The van der Waals surface area contributed by atoms with E-state index < -0.39 is 0 Å². The number of benzene rings is 7.